The van der Waals surface area contributed by atoms with Crippen LogP contribution < -0.4 is 5.32 Å². The van der Waals surface area contributed by atoms with Gasteiger partial charge in [-0.3, -0.25) is 9.59 Å². The van der Waals surface area contributed by atoms with Gasteiger partial charge in [0.2, 0.25) is 5.91 Å². The van der Waals surface area contributed by atoms with E-state index in [1.807, 2.05) is 71.7 Å². The molecule has 2 heterocycles. The lowest BCUT2D eigenvalue weighted by atomic mass is 10.1. The highest BCUT2D eigenvalue weighted by Gasteiger charge is 2.20. The molecule has 0 unspecified atom stereocenters. The summed E-state index contributed by atoms with van der Waals surface area (Å²) in [5, 5.41) is 4.78. The van der Waals surface area contributed by atoms with Gasteiger partial charge in [-0.05, 0) is 41.6 Å². The van der Waals surface area contributed by atoms with Crippen molar-refractivity contribution in [3.63, 3.8) is 0 Å². The number of para-hydroxylation sites is 1. The van der Waals surface area contributed by atoms with Gasteiger partial charge in [0.15, 0.2) is 0 Å². The summed E-state index contributed by atoms with van der Waals surface area (Å²) in [5.41, 5.74) is 2.70. The van der Waals surface area contributed by atoms with Crippen molar-refractivity contribution in [3.05, 3.63) is 70.7 Å². The first-order valence-corrected chi connectivity index (χ1v) is 9.32. The predicted octanol–water partition coefficient (Wildman–Crippen LogP) is 3.81. The van der Waals surface area contributed by atoms with Crippen LogP contribution in [-0.2, 0) is 11.2 Å². The molecule has 0 bridgehead atoms. The second kappa shape index (κ2) is 8.01. The molecule has 3 aromatic rings. The zero-order chi connectivity index (χ0) is 18.5. The molecule has 3 rings (SSSR count). The summed E-state index contributed by atoms with van der Waals surface area (Å²) >= 11 is 1.38. The third-order valence-electron chi connectivity index (χ3n) is 4.12. The van der Waals surface area contributed by atoms with Crippen molar-refractivity contribution in [1.29, 1.82) is 0 Å². The number of benzene rings is 1. The van der Waals surface area contributed by atoms with Gasteiger partial charge in [-0.1, -0.05) is 25.1 Å². The minimum atomic E-state index is -0.208. The van der Waals surface area contributed by atoms with Crippen LogP contribution in [0.3, 0.4) is 0 Å². The monoisotopic (exact) mass is 367 g/mol. The molecular weight excluding hydrogens is 346 g/mol. The third kappa shape index (κ3) is 3.86. The number of amides is 2. The fourth-order valence-corrected chi connectivity index (χ4v) is 3.65. The summed E-state index contributed by atoms with van der Waals surface area (Å²) in [6, 6.07) is 13.4. The average Bonchev–Trinajstić information content (AvgIpc) is 3.32. The zero-order valence-electron chi connectivity index (χ0n) is 14.8. The summed E-state index contributed by atoms with van der Waals surface area (Å²) in [5.74, 6) is -0.372. The molecule has 134 valence electrons. The molecule has 0 radical (unpaired) electrons. The highest BCUT2D eigenvalue weighted by molar-refractivity contribution is 7.12. The number of aryl methyl sites for hydroxylation is 1. The number of hydrogen-bond donors (Lipinski definition) is 1. The van der Waals surface area contributed by atoms with Crippen molar-refractivity contribution in [2.75, 3.05) is 18.9 Å². The number of nitrogens with zero attached hydrogens (tertiary/aromatic N) is 2. The molecule has 1 aromatic carbocycles. The molecular formula is C20H21N3O2S. The van der Waals surface area contributed by atoms with Crippen LogP contribution in [0.25, 0.3) is 5.69 Å². The SMILES string of the molecule is CCc1ccccc1NC(=O)CN(C)C(=O)c1sccc1-n1cccc1. The number of anilines is 1. The van der Waals surface area contributed by atoms with E-state index in [2.05, 4.69) is 5.32 Å². The summed E-state index contributed by atoms with van der Waals surface area (Å²) < 4.78 is 1.90. The molecule has 2 aromatic heterocycles. The van der Waals surface area contributed by atoms with Crippen LogP contribution in [0.1, 0.15) is 22.2 Å². The number of carbonyl (C=O) groups excluding carboxylic acids is 2. The number of rotatable bonds is 6. The van der Waals surface area contributed by atoms with E-state index in [1.165, 1.54) is 16.2 Å². The van der Waals surface area contributed by atoms with Gasteiger partial charge in [0.1, 0.15) is 4.88 Å². The van der Waals surface area contributed by atoms with E-state index in [4.69, 9.17) is 0 Å². The molecule has 2 amide bonds. The Morgan fingerprint density at radius 2 is 1.85 bits per heavy atom. The zero-order valence-corrected chi connectivity index (χ0v) is 15.6. The van der Waals surface area contributed by atoms with Crippen molar-refractivity contribution in [3.8, 4) is 5.69 Å². The molecule has 0 saturated carbocycles. The summed E-state index contributed by atoms with van der Waals surface area (Å²) in [4.78, 5) is 27.2. The van der Waals surface area contributed by atoms with Crippen LogP contribution in [0.15, 0.2) is 60.2 Å². The molecule has 0 saturated heterocycles. The predicted molar refractivity (Wildman–Crippen MR) is 105 cm³/mol. The van der Waals surface area contributed by atoms with Gasteiger partial charge in [0.05, 0.1) is 12.2 Å². The first-order chi connectivity index (χ1) is 12.6. The van der Waals surface area contributed by atoms with E-state index in [0.717, 1.165) is 23.4 Å². The highest BCUT2D eigenvalue weighted by Crippen LogP contribution is 2.23. The molecule has 0 aliphatic heterocycles. The van der Waals surface area contributed by atoms with Crippen molar-refractivity contribution in [2.24, 2.45) is 0 Å². The molecule has 1 N–H and O–H groups in total. The Morgan fingerprint density at radius 1 is 1.12 bits per heavy atom. The number of nitrogens with one attached hydrogen (secondary N) is 1. The smallest absolute Gasteiger partial charge is 0.266 e. The van der Waals surface area contributed by atoms with E-state index in [1.54, 1.807) is 7.05 Å². The molecule has 0 atom stereocenters. The van der Waals surface area contributed by atoms with Crippen molar-refractivity contribution >= 4 is 28.8 Å². The van der Waals surface area contributed by atoms with Crippen molar-refractivity contribution in [2.45, 2.75) is 13.3 Å². The molecule has 6 heteroatoms. The van der Waals surface area contributed by atoms with E-state index < -0.39 is 0 Å². The first kappa shape index (κ1) is 17.9. The summed E-state index contributed by atoms with van der Waals surface area (Å²) in [6.07, 6.45) is 4.63. The van der Waals surface area contributed by atoms with Gasteiger partial charge in [-0.2, -0.15) is 0 Å². The van der Waals surface area contributed by atoms with Crippen LogP contribution in [-0.4, -0.2) is 34.9 Å². The Hall–Kier alpha value is -2.86. The largest absolute Gasteiger partial charge is 0.332 e. The number of hydrogen-bond acceptors (Lipinski definition) is 3. The van der Waals surface area contributed by atoms with Gasteiger partial charge in [-0.25, -0.2) is 0 Å². The molecule has 0 aliphatic rings. The normalized spacial score (nSPS) is 10.5. The number of thiophene rings is 1. The van der Waals surface area contributed by atoms with Crippen LogP contribution in [0, 0.1) is 0 Å². The fraction of sp³-hybridized carbons (Fsp3) is 0.200. The Bertz CT molecular complexity index is 899. The Labute approximate surface area is 156 Å². The minimum Gasteiger partial charge on any atom is -0.332 e. The van der Waals surface area contributed by atoms with Crippen LogP contribution >= 0.6 is 11.3 Å². The maximum absolute atomic E-state index is 12.8. The van der Waals surface area contributed by atoms with E-state index >= 15 is 0 Å². The van der Waals surface area contributed by atoms with Gasteiger partial charge < -0.3 is 14.8 Å². The third-order valence-corrected chi connectivity index (χ3v) is 5.01. The molecule has 0 aliphatic carbocycles. The number of carbonyl (C=O) groups is 2. The Kier molecular flexibility index (Phi) is 5.53. The lowest BCUT2D eigenvalue weighted by Gasteiger charge is -2.18. The fourth-order valence-electron chi connectivity index (χ4n) is 2.76. The average molecular weight is 367 g/mol. The van der Waals surface area contributed by atoms with Gasteiger partial charge in [-0.15, -0.1) is 11.3 Å². The Morgan fingerprint density at radius 3 is 2.58 bits per heavy atom. The van der Waals surface area contributed by atoms with Crippen LogP contribution in [0.5, 0.6) is 0 Å². The van der Waals surface area contributed by atoms with Crippen LogP contribution in [0.2, 0.25) is 0 Å². The topological polar surface area (TPSA) is 54.3 Å². The minimum absolute atomic E-state index is 0.0000987. The number of aromatic nitrogens is 1. The standard InChI is InChI=1S/C20H21N3O2S/c1-3-15-8-4-5-9-16(15)21-18(24)14-22(2)20(25)19-17(10-13-26-19)23-11-6-7-12-23/h4-13H,3,14H2,1-2H3,(H,21,24). The lowest BCUT2D eigenvalue weighted by Crippen LogP contribution is -2.35. The number of likely N-dealkylation sites (N-methyl/N-ethyl adjacent to an activating group) is 1. The molecule has 26 heavy (non-hydrogen) atoms. The summed E-state index contributed by atoms with van der Waals surface area (Å²) in [7, 11) is 1.65. The van der Waals surface area contributed by atoms with Gasteiger partial charge in [0, 0.05) is 25.1 Å². The molecule has 0 spiro atoms. The maximum Gasteiger partial charge on any atom is 0.266 e. The van der Waals surface area contributed by atoms with E-state index in [0.29, 0.717) is 4.88 Å². The Balaban J connectivity index is 1.68. The van der Waals surface area contributed by atoms with Crippen LogP contribution in [0.4, 0.5) is 5.69 Å². The van der Waals surface area contributed by atoms with Gasteiger partial charge >= 0.3 is 0 Å². The maximum atomic E-state index is 12.8. The van der Waals surface area contributed by atoms with Crippen molar-refractivity contribution < 1.29 is 9.59 Å². The quantitative estimate of drug-likeness (QED) is 0.720. The molecule has 0 fully saturated rings. The second-order valence-corrected chi connectivity index (χ2v) is 6.86. The lowest BCUT2D eigenvalue weighted by molar-refractivity contribution is -0.116. The second-order valence-electron chi connectivity index (χ2n) is 5.95. The summed E-state index contributed by atoms with van der Waals surface area (Å²) in [6.45, 7) is 2.04. The highest BCUT2D eigenvalue weighted by atomic mass is 32.1. The van der Waals surface area contributed by atoms with Gasteiger partial charge in [0.25, 0.3) is 5.91 Å². The van der Waals surface area contributed by atoms with E-state index in [9.17, 15) is 9.59 Å². The van der Waals surface area contributed by atoms with Crippen molar-refractivity contribution in [1.82, 2.24) is 9.47 Å². The molecule has 5 nitrogen and oxygen atoms in total. The van der Waals surface area contributed by atoms with E-state index in [-0.39, 0.29) is 18.4 Å². The first-order valence-electron chi connectivity index (χ1n) is 8.44.